The maximum atomic E-state index is 12.6. The molecule has 0 fully saturated rings. The molecule has 0 saturated carbocycles. The molecule has 29 heavy (non-hydrogen) atoms. The van der Waals surface area contributed by atoms with Crippen LogP contribution in [0.5, 0.6) is 5.75 Å². The highest BCUT2D eigenvalue weighted by atomic mass is 32.1. The van der Waals surface area contributed by atoms with Crippen LogP contribution in [0.4, 0.5) is 5.00 Å². The molecule has 1 aliphatic rings. The average Bonchev–Trinajstić information content (AvgIpc) is 3.06. The predicted molar refractivity (Wildman–Crippen MR) is 118 cm³/mol. The van der Waals surface area contributed by atoms with Crippen LogP contribution >= 0.6 is 23.6 Å². The second-order valence-electron chi connectivity index (χ2n) is 6.47. The van der Waals surface area contributed by atoms with E-state index in [1.54, 1.807) is 31.2 Å². The number of nitrogens with one attached hydrogen (secondary N) is 2. The lowest BCUT2D eigenvalue weighted by molar-refractivity contribution is 0.0526. The number of anilines is 1. The number of carbonyl (C=O) groups excluding carboxylic acids is 2. The maximum absolute atomic E-state index is 12.6. The van der Waals surface area contributed by atoms with E-state index in [-0.39, 0.29) is 17.0 Å². The Morgan fingerprint density at radius 1 is 1.14 bits per heavy atom. The Morgan fingerprint density at radius 3 is 2.66 bits per heavy atom. The number of para-hydroxylation sites is 1. The Hall–Kier alpha value is -2.45. The number of hydrogen-bond donors (Lipinski definition) is 2. The number of aryl methyl sites for hydroxylation is 1. The predicted octanol–water partition coefficient (Wildman–Crippen LogP) is 4.33. The van der Waals surface area contributed by atoms with Crippen molar-refractivity contribution in [3.8, 4) is 5.75 Å². The second kappa shape index (κ2) is 9.84. The van der Waals surface area contributed by atoms with Crippen LogP contribution in [0.25, 0.3) is 0 Å². The first kappa shape index (κ1) is 21.3. The molecule has 0 spiro atoms. The third-order valence-corrected chi connectivity index (χ3v) is 5.95. The summed E-state index contributed by atoms with van der Waals surface area (Å²) in [6, 6.07) is 6.98. The van der Waals surface area contributed by atoms with Crippen LogP contribution in [0.15, 0.2) is 24.3 Å². The smallest absolute Gasteiger partial charge is 0.341 e. The molecule has 0 radical (unpaired) electrons. The van der Waals surface area contributed by atoms with Gasteiger partial charge in [-0.3, -0.25) is 10.1 Å². The minimum absolute atomic E-state index is 0.130. The number of thiocarbonyl (C=S) groups is 1. The number of carbonyl (C=O) groups is 2. The number of ether oxygens (including phenoxy) is 2. The van der Waals surface area contributed by atoms with E-state index in [0.717, 1.165) is 31.2 Å². The summed E-state index contributed by atoms with van der Waals surface area (Å²) in [7, 11) is 0. The molecule has 8 heteroatoms. The van der Waals surface area contributed by atoms with Gasteiger partial charge in [0.25, 0.3) is 5.91 Å². The molecule has 0 bridgehead atoms. The molecule has 1 aromatic carbocycles. The van der Waals surface area contributed by atoms with Crippen LogP contribution in [-0.4, -0.2) is 30.2 Å². The van der Waals surface area contributed by atoms with Crippen molar-refractivity contribution in [2.45, 2.75) is 39.5 Å². The summed E-state index contributed by atoms with van der Waals surface area (Å²) in [6.07, 6.45) is 3.94. The first-order chi connectivity index (χ1) is 14.0. The van der Waals surface area contributed by atoms with Crippen molar-refractivity contribution < 1.29 is 19.1 Å². The fourth-order valence-electron chi connectivity index (χ4n) is 3.31. The van der Waals surface area contributed by atoms with Gasteiger partial charge in [0.1, 0.15) is 10.8 Å². The number of hydrogen-bond acceptors (Lipinski definition) is 6. The van der Waals surface area contributed by atoms with Crippen molar-refractivity contribution in [1.82, 2.24) is 5.32 Å². The Balaban J connectivity index is 1.78. The Labute approximate surface area is 179 Å². The van der Waals surface area contributed by atoms with Crippen LogP contribution in [0, 0.1) is 0 Å². The van der Waals surface area contributed by atoms with Gasteiger partial charge < -0.3 is 14.8 Å². The molecule has 1 heterocycles. The van der Waals surface area contributed by atoms with Crippen LogP contribution in [-0.2, 0) is 17.6 Å². The van der Waals surface area contributed by atoms with Gasteiger partial charge in [-0.2, -0.15) is 0 Å². The van der Waals surface area contributed by atoms with E-state index < -0.39 is 0 Å². The van der Waals surface area contributed by atoms with Crippen LogP contribution in [0.1, 0.15) is 57.8 Å². The van der Waals surface area contributed by atoms with Crippen molar-refractivity contribution in [2.75, 3.05) is 18.5 Å². The van der Waals surface area contributed by atoms with Crippen molar-refractivity contribution >= 4 is 45.5 Å². The fraction of sp³-hybridized carbons (Fsp3) is 0.381. The summed E-state index contributed by atoms with van der Waals surface area (Å²) in [5.74, 6) is -0.232. The number of fused-ring (bicyclic) bond motifs is 1. The topological polar surface area (TPSA) is 76.7 Å². The van der Waals surface area contributed by atoms with Crippen molar-refractivity contribution in [1.29, 1.82) is 0 Å². The Morgan fingerprint density at radius 2 is 1.90 bits per heavy atom. The van der Waals surface area contributed by atoms with E-state index in [2.05, 4.69) is 10.6 Å². The zero-order valence-corrected chi connectivity index (χ0v) is 18.1. The summed E-state index contributed by atoms with van der Waals surface area (Å²) in [5.41, 5.74) is 1.98. The van der Waals surface area contributed by atoms with E-state index in [9.17, 15) is 9.59 Å². The van der Waals surface area contributed by atoms with Crippen LogP contribution in [0.3, 0.4) is 0 Å². The van der Waals surface area contributed by atoms with Gasteiger partial charge in [0.2, 0.25) is 0 Å². The lowest BCUT2D eigenvalue weighted by atomic mass is 9.95. The van der Waals surface area contributed by atoms with Crippen LogP contribution < -0.4 is 15.4 Å². The minimum Gasteiger partial charge on any atom is -0.493 e. The number of rotatable bonds is 6. The summed E-state index contributed by atoms with van der Waals surface area (Å²) < 4.78 is 10.8. The monoisotopic (exact) mass is 432 g/mol. The van der Waals surface area contributed by atoms with E-state index in [4.69, 9.17) is 21.7 Å². The zero-order valence-electron chi connectivity index (χ0n) is 16.5. The largest absolute Gasteiger partial charge is 0.493 e. The second-order valence-corrected chi connectivity index (χ2v) is 7.99. The average molecular weight is 433 g/mol. The van der Waals surface area contributed by atoms with Gasteiger partial charge in [0, 0.05) is 4.88 Å². The van der Waals surface area contributed by atoms with Gasteiger partial charge in [-0.25, -0.2) is 4.79 Å². The van der Waals surface area contributed by atoms with Gasteiger partial charge >= 0.3 is 5.97 Å². The van der Waals surface area contributed by atoms with Crippen molar-refractivity contribution in [3.05, 3.63) is 45.8 Å². The molecule has 3 rings (SSSR count). The molecule has 0 aliphatic heterocycles. The van der Waals surface area contributed by atoms with Gasteiger partial charge in [0.15, 0.2) is 5.11 Å². The highest BCUT2D eigenvalue weighted by Gasteiger charge is 2.27. The lowest BCUT2D eigenvalue weighted by Gasteiger charge is -2.13. The van der Waals surface area contributed by atoms with E-state index in [0.29, 0.717) is 35.1 Å². The number of amides is 1. The van der Waals surface area contributed by atoms with Gasteiger partial charge in [-0.1, -0.05) is 12.1 Å². The quantitative estimate of drug-likeness (QED) is 0.523. The first-order valence-corrected chi connectivity index (χ1v) is 10.9. The molecule has 1 aromatic heterocycles. The van der Waals surface area contributed by atoms with Gasteiger partial charge in [-0.05, 0) is 69.4 Å². The molecule has 0 atom stereocenters. The zero-order chi connectivity index (χ0) is 20.8. The standard InChI is InChI=1S/C21H24N2O4S2/c1-3-26-15-11-7-5-9-13(15)18(24)22-21(28)23-19-17(20(25)27-4-2)14-10-6-8-12-16(14)29-19/h5,7,9,11H,3-4,6,8,10,12H2,1-2H3,(H2,22,23,24,28). The minimum atomic E-state index is -0.370. The Bertz CT molecular complexity index is 923. The molecule has 6 nitrogen and oxygen atoms in total. The molecule has 2 N–H and O–H groups in total. The third kappa shape index (κ3) is 4.94. The summed E-state index contributed by atoms with van der Waals surface area (Å²) in [6.45, 7) is 4.40. The fourth-order valence-corrected chi connectivity index (χ4v) is 4.85. The highest BCUT2D eigenvalue weighted by molar-refractivity contribution is 7.80. The Kier molecular flexibility index (Phi) is 7.22. The van der Waals surface area contributed by atoms with E-state index in [1.165, 1.54) is 16.2 Å². The van der Waals surface area contributed by atoms with Crippen molar-refractivity contribution in [2.24, 2.45) is 0 Å². The third-order valence-electron chi connectivity index (χ3n) is 4.54. The molecule has 0 unspecified atom stereocenters. The molecular formula is C21H24N2O4S2. The number of thiophene rings is 1. The van der Waals surface area contributed by atoms with E-state index >= 15 is 0 Å². The first-order valence-electron chi connectivity index (χ1n) is 9.70. The summed E-state index contributed by atoms with van der Waals surface area (Å²) >= 11 is 6.85. The number of benzene rings is 1. The molecule has 0 saturated heterocycles. The van der Waals surface area contributed by atoms with Crippen molar-refractivity contribution in [3.63, 3.8) is 0 Å². The van der Waals surface area contributed by atoms with Gasteiger partial charge in [0.05, 0.1) is 24.3 Å². The lowest BCUT2D eigenvalue weighted by Crippen LogP contribution is -2.34. The highest BCUT2D eigenvalue weighted by Crippen LogP contribution is 2.38. The molecule has 1 amide bonds. The van der Waals surface area contributed by atoms with E-state index in [1.807, 2.05) is 6.92 Å². The normalized spacial score (nSPS) is 12.6. The molecule has 154 valence electrons. The summed E-state index contributed by atoms with van der Waals surface area (Å²) in [5, 5.41) is 6.47. The van der Waals surface area contributed by atoms with Crippen LogP contribution in [0.2, 0.25) is 0 Å². The molecule has 2 aromatic rings. The van der Waals surface area contributed by atoms with Gasteiger partial charge in [-0.15, -0.1) is 11.3 Å². The molecular weight excluding hydrogens is 408 g/mol. The maximum Gasteiger partial charge on any atom is 0.341 e. The molecule has 1 aliphatic carbocycles. The SMILES string of the molecule is CCOC(=O)c1c(NC(=S)NC(=O)c2ccccc2OCC)sc2c1CCCC2. The number of esters is 1. The summed E-state index contributed by atoms with van der Waals surface area (Å²) in [4.78, 5) is 26.4.